The maximum Gasteiger partial charge on any atom is 0.407 e. The third kappa shape index (κ3) is 8.00. The monoisotopic (exact) mass is 305 g/mol. The number of amides is 1. The molecule has 0 aliphatic rings. The molecule has 1 aromatic carbocycles. The van der Waals surface area contributed by atoms with Gasteiger partial charge in [0.2, 0.25) is 0 Å². The maximum absolute atomic E-state index is 11.4. The lowest BCUT2D eigenvalue weighted by atomic mass is 10.2. The number of ether oxygens (including phenoxy) is 2. The molecule has 0 atom stereocenters. The number of nitrogens with zero attached hydrogens (tertiary/aromatic N) is 1. The molecule has 120 valence electrons. The van der Waals surface area contributed by atoms with Crippen LogP contribution in [-0.2, 0) is 4.74 Å². The van der Waals surface area contributed by atoms with E-state index in [1.165, 1.54) is 0 Å². The van der Waals surface area contributed by atoms with Gasteiger partial charge in [0.05, 0.1) is 0 Å². The second kappa shape index (κ2) is 8.78. The highest BCUT2D eigenvalue weighted by atomic mass is 16.6. The minimum absolute atomic E-state index is 0.0448. The predicted molar refractivity (Wildman–Crippen MR) is 84.9 cm³/mol. The van der Waals surface area contributed by atoms with E-state index < -0.39 is 11.7 Å². The molecule has 1 rings (SSSR count). The number of carbonyl (C=O) groups is 1. The van der Waals surface area contributed by atoms with Gasteiger partial charge >= 0.3 is 6.09 Å². The van der Waals surface area contributed by atoms with Gasteiger partial charge in [-0.3, -0.25) is 0 Å². The molecule has 6 heteroatoms. The number of rotatable bonds is 7. The van der Waals surface area contributed by atoms with Crippen molar-refractivity contribution in [3.8, 4) is 11.8 Å². The summed E-state index contributed by atoms with van der Waals surface area (Å²) in [5.74, 6) is 0.665. The maximum atomic E-state index is 11.4. The molecule has 0 aliphatic carbocycles. The number of hydrogen-bond acceptors (Lipinski definition) is 5. The lowest BCUT2D eigenvalue weighted by Gasteiger charge is -2.19. The fraction of sp³-hybridized carbons (Fsp3) is 0.500. The van der Waals surface area contributed by atoms with E-state index in [1.807, 2.05) is 39.0 Å². The zero-order valence-corrected chi connectivity index (χ0v) is 13.3. The zero-order chi connectivity index (χ0) is 16.4. The molecular formula is C16H23N3O3. The van der Waals surface area contributed by atoms with E-state index in [0.29, 0.717) is 12.3 Å². The first-order valence-corrected chi connectivity index (χ1v) is 7.21. The van der Waals surface area contributed by atoms with E-state index >= 15 is 0 Å². The van der Waals surface area contributed by atoms with Crippen LogP contribution in [0, 0.1) is 11.3 Å². The Morgan fingerprint density at radius 2 is 1.91 bits per heavy atom. The van der Waals surface area contributed by atoms with Gasteiger partial charge in [0.15, 0.2) is 6.61 Å². The molecule has 1 aromatic rings. The van der Waals surface area contributed by atoms with Gasteiger partial charge in [-0.25, -0.2) is 4.79 Å². The first-order chi connectivity index (χ1) is 10.4. The van der Waals surface area contributed by atoms with E-state index in [0.717, 1.165) is 18.7 Å². The van der Waals surface area contributed by atoms with Crippen LogP contribution in [-0.4, -0.2) is 31.4 Å². The normalized spacial score (nSPS) is 10.5. The SMILES string of the molecule is CC(C)(C)OC(=O)NCCCNc1ccc(OCC#N)cc1. The van der Waals surface area contributed by atoms with Gasteiger partial charge in [-0.2, -0.15) is 5.26 Å². The number of carbonyl (C=O) groups excluding carboxylic acids is 1. The van der Waals surface area contributed by atoms with Gasteiger partial charge in [0.25, 0.3) is 0 Å². The van der Waals surface area contributed by atoms with Crippen molar-refractivity contribution < 1.29 is 14.3 Å². The molecule has 0 aromatic heterocycles. The molecule has 0 unspecified atom stereocenters. The predicted octanol–water partition coefficient (Wildman–Crippen LogP) is 2.92. The van der Waals surface area contributed by atoms with Crippen LogP contribution < -0.4 is 15.4 Å². The fourth-order valence-electron chi connectivity index (χ4n) is 1.61. The summed E-state index contributed by atoms with van der Waals surface area (Å²) in [5.41, 5.74) is 0.485. The Morgan fingerprint density at radius 1 is 1.23 bits per heavy atom. The molecule has 6 nitrogen and oxygen atoms in total. The number of benzene rings is 1. The molecular weight excluding hydrogens is 282 g/mol. The Kier molecular flexibility index (Phi) is 7.03. The minimum Gasteiger partial charge on any atom is -0.479 e. The van der Waals surface area contributed by atoms with Crippen LogP contribution in [0.3, 0.4) is 0 Å². The minimum atomic E-state index is -0.475. The number of nitrogens with one attached hydrogen (secondary N) is 2. The average molecular weight is 305 g/mol. The molecule has 0 bridgehead atoms. The summed E-state index contributed by atoms with van der Waals surface area (Å²) < 4.78 is 10.3. The van der Waals surface area contributed by atoms with Crippen LogP contribution in [0.4, 0.5) is 10.5 Å². The smallest absolute Gasteiger partial charge is 0.407 e. The summed E-state index contributed by atoms with van der Waals surface area (Å²) >= 11 is 0. The second-order valence-electron chi connectivity index (χ2n) is 5.68. The molecule has 0 saturated heterocycles. The first-order valence-electron chi connectivity index (χ1n) is 7.21. The topological polar surface area (TPSA) is 83.4 Å². The van der Waals surface area contributed by atoms with Crippen LogP contribution >= 0.6 is 0 Å². The molecule has 22 heavy (non-hydrogen) atoms. The van der Waals surface area contributed by atoms with Gasteiger partial charge in [-0.1, -0.05) is 0 Å². The van der Waals surface area contributed by atoms with E-state index in [-0.39, 0.29) is 6.61 Å². The van der Waals surface area contributed by atoms with Gasteiger partial charge in [-0.05, 0) is 51.5 Å². The van der Waals surface area contributed by atoms with E-state index in [2.05, 4.69) is 10.6 Å². The van der Waals surface area contributed by atoms with Crippen molar-refractivity contribution in [1.29, 1.82) is 5.26 Å². The average Bonchev–Trinajstić information content (AvgIpc) is 2.44. The first kappa shape index (κ1) is 17.6. The number of nitriles is 1. The van der Waals surface area contributed by atoms with Crippen LogP contribution in [0.1, 0.15) is 27.2 Å². The molecule has 0 heterocycles. The summed E-state index contributed by atoms with van der Waals surface area (Å²) in [6, 6.07) is 9.29. The standard InChI is InChI=1S/C16H23N3O3/c1-16(2,3)22-15(20)19-11-4-10-18-13-5-7-14(8-6-13)21-12-9-17/h5-8,18H,4,10-12H2,1-3H3,(H,19,20). The number of alkyl carbamates (subject to hydrolysis) is 1. The Balaban J connectivity index is 2.17. The highest BCUT2D eigenvalue weighted by Crippen LogP contribution is 2.15. The molecule has 0 saturated carbocycles. The Morgan fingerprint density at radius 3 is 2.50 bits per heavy atom. The lowest BCUT2D eigenvalue weighted by molar-refractivity contribution is 0.0528. The molecule has 0 radical (unpaired) electrons. The number of hydrogen-bond donors (Lipinski definition) is 2. The quantitative estimate of drug-likeness (QED) is 0.757. The van der Waals surface area contributed by atoms with E-state index in [4.69, 9.17) is 14.7 Å². The van der Waals surface area contributed by atoms with Crippen molar-refractivity contribution in [2.45, 2.75) is 32.8 Å². The van der Waals surface area contributed by atoms with Crippen LogP contribution in [0.25, 0.3) is 0 Å². The van der Waals surface area contributed by atoms with Crippen molar-refractivity contribution in [3.05, 3.63) is 24.3 Å². The molecule has 0 aliphatic heterocycles. The summed E-state index contributed by atoms with van der Waals surface area (Å²) in [4.78, 5) is 11.4. The van der Waals surface area contributed by atoms with Gasteiger partial charge in [0.1, 0.15) is 17.4 Å². The van der Waals surface area contributed by atoms with Crippen LogP contribution in [0.15, 0.2) is 24.3 Å². The largest absolute Gasteiger partial charge is 0.479 e. The van der Waals surface area contributed by atoms with Gasteiger partial charge < -0.3 is 20.1 Å². The summed E-state index contributed by atoms with van der Waals surface area (Å²) in [5, 5.41) is 14.4. The third-order valence-corrected chi connectivity index (χ3v) is 2.51. The molecule has 0 spiro atoms. The Labute approximate surface area is 131 Å². The lowest BCUT2D eigenvalue weighted by Crippen LogP contribution is -2.33. The van der Waals surface area contributed by atoms with Crippen LogP contribution in [0.5, 0.6) is 5.75 Å². The van der Waals surface area contributed by atoms with Crippen molar-refractivity contribution >= 4 is 11.8 Å². The van der Waals surface area contributed by atoms with Gasteiger partial charge in [-0.15, -0.1) is 0 Å². The van der Waals surface area contributed by atoms with Gasteiger partial charge in [0, 0.05) is 18.8 Å². The summed E-state index contributed by atoms with van der Waals surface area (Å²) in [6.45, 7) is 6.82. The Bertz CT molecular complexity index is 501. The molecule has 2 N–H and O–H groups in total. The second-order valence-corrected chi connectivity index (χ2v) is 5.68. The fourth-order valence-corrected chi connectivity index (χ4v) is 1.61. The van der Waals surface area contributed by atoms with E-state index in [1.54, 1.807) is 12.1 Å². The highest BCUT2D eigenvalue weighted by Gasteiger charge is 2.15. The van der Waals surface area contributed by atoms with Crippen LogP contribution in [0.2, 0.25) is 0 Å². The summed E-state index contributed by atoms with van der Waals surface area (Å²) in [7, 11) is 0. The number of anilines is 1. The highest BCUT2D eigenvalue weighted by molar-refractivity contribution is 5.67. The Hall–Kier alpha value is -2.42. The van der Waals surface area contributed by atoms with Crippen molar-refractivity contribution in [2.75, 3.05) is 25.0 Å². The molecule has 0 fully saturated rings. The van der Waals surface area contributed by atoms with Crippen molar-refractivity contribution in [1.82, 2.24) is 5.32 Å². The van der Waals surface area contributed by atoms with Crippen molar-refractivity contribution in [3.63, 3.8) is 0 Å². The summed E-state index contributed by atoms with van der Waals surface area (Å²) in [6.07, 6.45) is 0.387. The van der Waals surface area contributed by atoms with E-state index in [9.17, 15) is 4.79 Å². The zero-order valence-electron chi connectivity index (χ0n) is 13.3. The third-order valence-electron chi connectivity index (χ3n) is 2.51. The molecule has 1 amide bonds. The van der Waals surface area contributed by atoms with Crippen molar-refractivity contribution in [2.24, 2.45) is 0 Å².